The van der Waals surface area contributed by atoms with Crippen LogP contribution in [0.25, 0.3) is 0 Å². The van der Waals surface area contributed by atoms with Gasteiger partial charge in [0.2, 0.25) is 0 Å². The lowest BCUT2D eigenvalue weighted by molar-refractivity contribution is -0.149. The molecular formula is C15H16O9. The van der Waals surface area contributed by atoms with Gasteiger partial charge in [-0.1, -0.05) is 6.58 Å². The van der Waals surface area contributed by atoms with Crippen LogP contribution in [0.5, 0.6) is 0 Å². The molecule has 9 nitrogen and oxygen atoms in total. The molecule has 2 aliphatic rings. The normalized spacial score (nSPS) is 28.8. The molecule has 2 aliphatic heterocycles. The zero-order valence-electron chi connectivity index (χ0n) is 12.5. The molecule has 2 heterocycles. The maximum Gasteiger partial charge on any atom is 0.331 e. The summed E-state index contributed by atoms with van der Waals surface area (Å²) in [6.45, 7) is 3.30. The minimum Gasteiger partial charge on any atom is -0.509 e. The van der Waals surface area contributed by atoms with Crippen LogP contribution in [0.15, 0.2) is 36.6 Å². The molecule has 0 aromatic heterocycles. The molecule has 2 fully saturated rings. The summed E-state index contributed by atoms with van der Waals surface area (Å²) in [6, 6.07) is 0. The van der Waals surface area contributed by atoms with Gasteiger partial charge >= 0.3 is 17.9 Å². The second kappa shape index (κ2) is 7.75. The van der Waals surface area contributed by atoms with E-state index in [1.165, 1.54) is 0 Å². The van der Waals surface area contributed by atoms with Gasteiger partial charge in [-0.15, -0.1) is 0 Å². The molecule has 0 spiro atoms. The standard InChI is InChI=1S/C15H16O9/c1-8(16)2-4-12(19)23-9-6-21-15-10(7-22-14(9)15)24-13(20)5-3-11(17)18/h2-5,9-10,14-16H,1,6-7H2,(H,17,18)/t9-,10-,14+,15+/m0/s1. The van der Waals surface area contributed by atoms with E-state index in [4.69, 9.17) is 29.2 Å². The Balaban J connectivity index is 1.87. The first kappa shape index (κ1) is 17.7. The molecule has 2 saturated heterocycles. The van der Waals surface area contributed by atoms with Crippen molar-refractivity contribution < 1.29 is 43.5 Å². The molecule has 9 heteroatoms. The Morgan fingerprint density at radius 1 is 0.875 bits per heavy atom. The number of carbonyl (C=O) groups excluding carboxylic acids is 2. The number of aliphatic carboxylic acids is 1. The lowest BCUT2D eigenvalue weighted by Crippen LogP contribution is -2.35. The number of rotatable bonds is 6. The number of allylic oxidation sites excluding steroid dienone is 1. The van der Waals surface area contributed by atoms with Gasteiger partial charge in [0.25, 0.3) is 0 Å². The predicted octanol–water partition coefficient (Wildman–Crippen LogP) is -0.124. The number of aliphatic hydroxyl groups is 1. The maximum atomic E-state index is 11.6. The smallest absolute Gasteiger partial charge is 0.331 e. The van der Waals surface area contributed by atoms with Gasteiger partial charge in [0.15, 0.2) is 12.2 Å². The number of esters is 2. The maximum absolute atomic E-state index is 11.6. The highest BCUT2D eigenvalue weighted by atomic mass is 16.7. The van der Waals surface area contributed by atoms with Gasteiger partial charge < -0.3 is 29.2 Å². The largest absolute Gasteiger partial charge is 0.509 e. The third-order valence-electron chi connectivity index (χ3n) is 3.27. The zero-order valence-corrected chi connectivity index (χ0v) is 12.5. The van der Waals surface area contributed by atoms with Crippen molar-refractivity contribution in [3.05, 3.63) is 36.6 Å². The molecule has 4 atom stereocenters. The molecule has 2 rings (SSSR count). The van der Waals surface area contributed by atoms with Crippen LogP contribution in [0.3, 0.4) is 0 Å². The monoisotopic (exact) mass is 340 g/mol. The van der Waals surface area contributed by atoms with Crippen molar-refractivity contribution in [2.75, 3.05) is 13.2 Å². The fourth-order valence-electron chi connectivity index (χ4n) is 2.31. The van der Waals surface area contributed by atoms with Crippen molar-refractivity contribution in [3.63, 3.8) is 0 Å². The van der Waals surface area contributed by atoms with Crippen molar-refractivity contribution in [3.8, 4) is 0 Å². The second-order valence-corrected chi connectivity index (χ2v) is 5.04. The van der Waals surface area contributed by atoms with Crippen LogP contribution in [-0.4, -0.2) is 65.8 Å². The van der Waals surface area contributed by atoms with Crippen LogP contribution in [0.4, 0.5) is 0 Å². The molecule has 0 amide bonds. The minimum atomic E-state index is -1.27. The van der Waals surface area contributed by atoms with Gasteiger partial charge in [-0.2, -0.15) is 0 Å². The summed E-state index contributed by atoms with van der Waals surface area (Å²) in [7, 11) is 0. The average Bonchev–Trinajstić information content (AvgIpc) is 3.07. The van der Waals surface area contributed by atoms with Crippen LogP contribution in [0.2, 0.25) is 0 Å². The predicted molar refractivity (Wildman–Crippen MR) is 76.9 cm³/mol. The Hall–Kier alpha value is -2.65. The molecule has 0 radical (unpaired) electrons. The third kappa shape index (κ3) is 4.67. The number of fused-ring (bicyclic) bond motifs is 1. The first-order chi connectivity index (χ1) is 11.4. The van der Waals surface area contributed by atoms with Crippen molar-refractivity contribution in [2.45, 2.75) is 24.4 Å². The van der Waals surface area contributed by atoms with E-state index in [2.05, 4.69) is 6.58 Å². The van der Waals surface area contributed by atoms with Crippen molar-refractivity contribution in [1.82, 2.24) is 0 Å². The molecule has 0 aromatic carbocycles. The van der Waals surface area contributed by atoms with Crippen LogP contribution in [-0.2, 0) is 33.3 Å². The second-order valence-electron chi connectivity index (χ2n) is 5.04. The Morgan fingerprint density at radius 2 is 1.33 bits per heavy atom. The first-order valence-electron chi connectivity index (χ1n) is 6.98. The molecule has 0 bridgehead atoms. The molecule has 130 valence electrons. The SMILES string of the molecule is C=C(O)C=CC(=O)O[C@H]1CO[C@H]2[C@@H]1OC[C@@H]2OC(=O)C=CC(=O)O. The first-order valence-corrected chi connectivity index (χ1v) is 6.98. The number of aliphatic hydroxyl groups excluding tert-OH is 1. The summed E-state index contributed by atoms with van der Waals surface area (Å²) in [5.41, 5.74) is 0. The summed E-state index contributed by atoms with van der Waals surface area (Å²) < 4.78 is 21.1. The Kier molecular flexibility index (Phi) is 5.72. The van der Waals surface area contributed by atoms with Crippen molar-refractivity contribution >= 4 is 17.9 Å². The van der Waals surface area contributed by atoms with Gasteiger partial charge in [-0.3, -0.25) is 0 Å². The van der Waals surface area contributed by atoms with E-state index in [1.54, 1.807) is 0 Å². The molecule has 2 N–H and O–H groups in total. The molecule has 0 aliphatic carbocycles. The van der Waals surface area contributed by atoms with Gasteiger partial charge in [0, 0.05) is 18.2 Å². The Bertz CT molecular complexity index is 540. The van der Waals surface area contributed by atoms with Crippen LogP contribution in [0, 0.1) is 0 Å². The summed E-state index contributed by atoms with van der Waals surface area (Å²) in [4.78, 5) is 33.4. The number of hydrogen-bond donors (Lipinski definition) is 2. The van der Waals surface area contributed by atoms with Gasteiger partial charge in [0.05, 0.1) is 13.2 Å². The molecular weight excluding hydrogens is 324 g/mol. The third-order valence-corrected chi connectivity index (χ3v) is 3.27. The van der Waals surface area contributed by atoms with E-state index in [0.29, 0.717) is 6.08 Å². The number of hydrogen-bond acceptors (Lipinski definition) is 8. The van der Waals surface area contributed by atoms with Crippen LogP contribution in [0.1, 0.15) is 0 Å². The number of ether oxygens (including phenoxy) is 4. The number of carboxylic acid groups (broad SMARTS) is 1. The minimum absolute atomic E-state index is 0.0410. The highest BCUT2D eigenvalue weighted by Gasteiger charge is 2.50. The van der Waals surface area contributed by atoms with Crippen LogP contribution >= 0.6 is 0 Å². The average molecular weight is 340 g/mol. The quantitative estimate of drug-likeness (QED) is 0.294. The molecule has 24 heavy (non-hydrogen) atoms. The van der Waals surface area contributed by atoms with Gasteiger partial charge in [-0.25, -0.2) is 14.4 Å². The lowest BCUT2D eigenvalue weighted by atomic mass is 10.1. The zero-order chi connectivity index (χ0) is 17.7. The van der Waals surface area contributed by atoms with Crippen LogP contribution < -0.4 is 0 Å². The van der Waals surface area contributed by atoms with Gasteiger partial charge in [0.1, 0.15) is 18.0 Å². The Labute approximate surface area is 136 Å². The number of carboxylic acids is 1. The van der Waals surface area contributed by atoms with E-state index in [9.17, 15) is 14.4 Å². The topological polar surface area (TPSA) is 129 Å². The highest BCUT2D eigenvalue weighted by molar-refractivity contribution is 5.90. The van der Waals surface area contributed by atoms with E-state index in [1.807, 2.05) is 0 Å². The van der Waals surface area contributed by atoms with Crippen molar-refractivity contribution in [1.29, 1.82) is 0 Å². The van der Waals surface area contributed by atoms with E-state index in [-0.39, 0.29) is 19.0 Å². The van der Waals surface area contributed by atoms with E-state index < -0.39 is 42.3 Å². The summed E-state index contributed by atoms with van der Waals surface area (Å²) in [5, 5.41) is 17.3. The molecule has 0 aromatic rings. The summed E-state index contributed by atoms with van der Waals surface area (Å²) in [6.07, 6.45) is 0.937. The lowest BCUT2D eigenvalue weighted by Gasteiger charge is -2.16. The number of carbonyl (C=O) groups is 3. The fourth-order valence-corrected chi connectivity index (χ4v) is 2.31. The van der Waals surface area contributed by atoms with E-state index in [0.717, 1.165) is 18.2 Å². The molecule has 0 unspecified atom stereocenters. The summed E-state index contributed by atoms with van der Waals surface area (Å²) >= 11 is 0. The highest BCUT2D eigenvalue weighted by Crippen LogP contribution is 2.30. The fraction of sp³-hybridized carbons (Fsp3) is 0.400. The molecule has 0 saturated carbocycles. The Morgan fingerprint density at radius 3 is 1.75 bits per heavy atom. The van der Waals surface area contributed by atoms with E-state index >= 15 is 0 Å². The van der Waals surface area contributed by atoms with Gasteiger partial charge in [-0.05, 0) is 6.08 Å². The summed E-state index contributed by atoms with van der Waals surface area (Å²) in [5.74, 6) is -3.09. The van der Waals surface area contributed by atoms with Crippen molar-refractivity contribution in [2.24, 2.45) is 0 Å².